The molecule has 1 atom stereocenters. The van der Waals surface area contributed by atoms with Crippen molar-refractivity contribution >= 4 is 17.2 Å². The second-order valence-electron chi connectivity index (χ2n) is 5.85. The van der Waals surface area contributed by atoms with E-state index in [2.05, 4.69) is 31.9 Å². The maximum absolute atomic E-state index is 12.7. The zero-order chi connectivity index (χ0) is 16.5. The molecule has 0 aliphatic carbocycles. The van der Waals surface area contributed by atoms with Crippen LogP contribution < -0.4 is 0 Å². The lowest BCUT2D eigenvalue weighted by Gasteiger charge is -2.16. The molecule has 0 spiro atoms. The quantitative estimate of drug-likeness (QED) is 0.789. The number of hydrogen-bond acceptors (Lipinski definition) is 5. The predicted molar refractivity (Wildman–Crippen MR) is 90.9 cm³/mol. The molecule has 124 valence electrons. The van der Waals surface area contributed by atoms with E-state index in [1.54, 1.807) is 17.7 Å². The summed E-state index contributed by atoms with van der Waals surface area (Å²) in [6, 6.07) is 6.07. The van der Waals surface area contributed by atoms with Crippen LogP contribution in [0, 0.1) is 0 Å². The fraction of sp³-hybridized carbons (Fsp3) is 0.375. The van der Waals surface area contributed by atoms with Crippen molar-refractivity contribution in [3.63, 3.8) is 0 Å². The molecule has 1 saturated heterocycles. The monoisotopic (exact) mass is 342 g/mol. The standard InChI is InChI=1S/C16H18N6OS/c1-2-15-20-17-10-22(15)11-5-6-21(9-11)16(23)13-8-12(18-19-13)14-4-3-7-24-14/h3-4,7-8,10-11H,2,5-6,9H2,1H3,(H,18,19)/t11-/m1/s1. The van der Waals surface area contributed by atoms with Crippen molar-refractivity contribution in [3.05, 3.63) is 41.4 Å². The van der Waals surface area contributed by atoms with Gasteiger partial charge in [0.2, 0.25) is 0 Å². The van der Waals surface area contributed by atoms with Gasteiger partial charge in [-0.05, 0) is 23.9 Å². The van der Waals surface area contributed by atoms with Crippen LogP contribution in [0.15, 0.2) is 29.9 Å². The highest BCUT2D eigenvalue weighted by atomic mass is 32.1. The first kappa shape index (κ1) is 15.1. The average molecular weight is 342 g/mol. The van der Waals surface area contributed by atoms with Gasteiger partial charge >= 0.3 is 0 Å². The fourth-order valence-corrected chi connectivity index (χ4v) is 3.82. The molecule has 0 saturated carbocycles. The Morgan fingerprint density at radius 3 is 3.21 bits per heavy atom. The number of likely N-dealkylation sites (tertiary alicyclic amines) is 1. The zero-order valence-corrected chi connectivity index (χ0v) is 14.2. The summed E-state index contributed by atoms with van der Waals surface area (Å²) < 4.78 is 2.09. The molecule has 7 nitrogen and oxygen atoms in total. The van der Waals surface area contributed by atoms with Crippen molar-refractivity contribution in [2.24, 2.45) is 0 Å². The first-order valence-corrected chi connectivity index (χ1v) is 8.91. The van der Waals surface area contributed by atoms with Crippen LogP contribution in [0.2, 0.25) is 0 Å². The molecule has 1 aliphatic rings. The van der Waals surface area contributed by atoms with Gasteiger partial charge in [0, 0.05) is 19.5 Å². The van der Waals surface area contributed by atoms with Gasteiger partial charge in [0.25, 0.3) is 5.91 Å². The Labute approximate surface area is 143 Å². The lowest BCUT2D eigenvalue weighted by Crippen LogP contribution is -2.29. The number of aromatic amines is 1. The summed E-state index contributed by atoms with van der Waals surface area (Å²) in [5, 5.41) is 17.3. The van der Waals surface area contributed by atoms with E-state index in [0.29, 0.717) is 12.2 Å². The van der Waals surface area contributed by atoms with Crippen LogP contribution >= 0.6 is 11.3 Å². The summed E-state index contributed by atoms with van der Waals surface area (Å²) in [5.41, 5.74) is 1.36. The number of thiophene rings is 1. The zero-order valence-electron chi connectivity index (χ0n) is 13.3. The molecular weight excluding hydrogens is 324 g/mol. The minimum Gasteiger partial charge on any atom is -0.335 e. The summed E-state index contributed by atoms with van der Waals surface area (Å²) in [5.74, 6) is 0.941. The number of aryl methyl sites for hydroxylation is 1. The average Bonchev–Trinajstić information content (AvgIpc) is 3.41. The van der Waals surface area contributed by atoms with Crippen LogP contribution in [0.5, 0.6) is 0 Å². The number of H-pyrrole nitrogens is 1. The number of carbonyl (C=O) groups excluding carboxylic acids is 1. The van der Waals surface area contributed by atoms with Gasteiger partial charge in [-0.25, -0.2) is 0 Å². The van der Waals surface area contributed by atoms with Crippen molar-refractivity contribution in [3.8, 4) is 10.6 Å². The van der Waals surface area contributed by atoms with Gasteiger partial charge < -0.3 is 9.47 Å². The highest BCUT2D eigenvalue weighted by molar-refractivity contribution is 7.13. The number of nitrogens with zero attached hydrogens (tertiary/aromatic N) is 5. The summed E-state index contributed by atoms with van der Waals surface area (Å²) in [6.45, 7) is 3.46. The number of hydrogen-bond donors (Lipinski definition) is 1. The molecule has 1 N–H and O–H groups in total. The van der Waals surface area contributed by atoms with Crippen LogP contribution in [-0.4, -0.2) is 48.9 Å². The van der Waals surface area contributed by atoms with Crippen molar-refractivity contribution < 1.29 is 4.79 Å². The second-order valence-corrected chi connectivity index (χ2v) is 6.79. The summed E-state index contributed by atoms with van der Waals surface area (Å²) in [4.78, 5) is 15.6. The van der Waals surface area contributed by atoms with Crippen LogP contribution in [0.4, 0.5) is 0 Å². The van der Waals surface area contributed by atoms with Crippen LogP contribution in [0.3, 0.4) is 0 Å². The third-order valence-electron chi connectivity index (χ3n) is 4.39. The first-order chi connectivity index (χ1) is 11.8. The minimum absolute atomic E-state index is 0.0253. The SMILES string of the molecule is CCc1nncn1[C@@H]1CCN(C(=O)c2cc(-c3cccs3)[nH]n2)C1. The number of amides is 1. The molecular formula is C16H18N6OS. The van der Waals surface area contributed by atoms with Gasteiger partial charge in [0.15, 0.2) is 5.69 Å². The third kappa shape index (κ3) is 2.62. The van der Waals surface area contributed by atoms with E-state index in [4.69, 9.17) is 0 Å². The topological polar surface area (TPSA) is 79.7 Å². The van der Waals surface area contributed by atoms with Crippen molar-refractivity contribution in [1.82, 2.24) is 29.9 Å². The summed E-state index contributed by atoms with van der Waals surface area (Å²) in [6.07, 6.45) is 3.52. The summed E-state index contributed by atoms with van der Waals surface area (Å²) >= 11 is 1.62. The van der Waals surface area contributed by atoms with Gasteiger partial charge in [0.05, 0.1) is 16.6 Å². The van der Waals surface area contributed by atoms with Crippen LogP contribution in [-0.2, 0) is 6.42 Å². The molecule has 1 fully saturated rings. The molecule has 3 aromatic rings. The lowest BCUT2D eigenvalue weighted by molar-refractivity contribution is 0.0781. The number of aromatic nitrogens is 5. The molecule has 1 aliphatic heterocycles. The van der Waals surface area contributed by atoms with E-state index in [1.807, 2.05) is 28.5 Å². The van der Waals surface area contributed by atoms with E-state index in [0.717, 1.165) is 35.8 Å². The number of rotatable bonds is 4. The molecule has 24 heavy (non-hydrogen) atoms. The van der Waals surface area contributed by atoms with E-state index >= 15 is 0 Å². The van der Waals surface area contributed by atoms with Gasteiger partial charge in [-0.1, -0.05) is 13.0 Å². The van der Waals surface area contributed by atoms with Gasteiger partial charge in [-0.15, -0.1) is 21.5 Å². The molecule has 8 heteroatoms. The van der Waals surface area contributed by atoms with Gasteiger partial charge in [-0.2, -0.15) is 5.10 Å². The Balaban J connectivity index is 1.48. The molecule has 4 rings (SSSR count). The van der Waals surface area contributed by atoms with Crippen LogP contribution in [0.25, 0.3) is 10.6 Å². The Morgan fingerprint density at radius 1 is 1.50 bits per heavy atom. The van der Waals surface area contributed by atoms with Crippen molar-refractivity contribution in [2.75, 3.05) is 13.1 Å². The highest BCUT2D eigenvalue weighted by Gasteiger charge is 2.30. The molecule has 0 unspecified atom stereocenters. The van der Waals surface area contributed by atoms with E-state index in [9.17, 15) is 4.79 Å². The summed E-state index contributed by atoms with van der Waals surface area (Å²) in [7, 11) is 0. The number of carbonyl (C=O) groups is 1. The van der Waals surface area contributed by atoms with Crippen molar-refractivity contribution in [1.29, 1.82) is 0 Å². The highest BCUT2D eigenvalue weighted by Crippen LogP contribution is 2.26. The largest absolute Gasteiger partial charge is 0.335 e. The fourth-order valence-electron chi connectivity index (χ4n) is 3.13. The Kier molecular flexibility index (Phi) is 3.89. The van der Waals surface area contributed by atoms with Gasteiger partial charge in [-0.3, -0.25) is 9.89 Å². The predicted octanol–water partition coefficient (Wildman–Crippen LogP) is 2.38. The van der Waals surface area contributed by atoms with E-state index in [-0.39, 0.29) is 11.9 Å². The van der Waals surface area contributed by atoms with Gasteiger partial charge in [0.1, 0.15) is 12.2 Å². The van der Waals surface area contributed by atoms with Crippen molar-refractivity contribution in [2.45, 2.75) is 25.8 Å². The second kappa shape index (κ2) is 6.20. The number of nitrogens with one attached hydrogen (secondary N) is 1. The van der Waals surface area contributed by atoms with E-state index < -0.39 is 0 Å². The normalized spacial score (nSPS) is 17.5. The molecule has 4 heterocycles. The molecule has 0 radical (unpaired) electrons. The van der Waals surface area contributed by atoms with E-state index in [1.165, 1.54) is 0 Å². The molecule has 3 aromatic heterocycles. The Hall–Kier alpha value is -2.48. The maximum atomic E-state index is 12.7. The Bertz CT molecular complexity index is 837. The molecule has 1 amide bonds. The molecule has 0 bridgehead atoms. The molecule has 0 aromatic carbocycles. The Morgan fingerprint density at radius 2 is 2.42 bits per heavy atom. The first-order valence-electron chi connectivity index (χ1n) is 8.03. The maximum Gasteiger partial charge on any atom is 0.274 e. The third-order valence-corrected chi connectivity index (χ3v) is 5.29. The van der Waals surface area contributed by atoms with Crippen LogP contribution in [0.1, 0.15) is 35.7 Å². The smallest absolute Gasteiger partial charge is 0.274 e. The minimum atomic E-state index is -0.0253. The lowest BCUT2D eigenvalue weighted by atomic mass is 10.2.